The first kappa shape index (κ1) is 25.4. The molecule has 0 aliphatic rings. The maximum atomic E-state index is 12.3. The van der Waals surface area contributed by atoms with Crippen molar-refractivity contribution < 1.29 is 14.6 Å². The summed E-state index contributed by atoms with van der Waals surface area (Å²) in [7, 11) is -0.765. The SMILES string of the molecule is CB(O)N[C@H](CC(=O)OC(C)(C)C)Cc1cc(N(CCCl)CCCl)ccc1Cl. The van der Waals surface area contributed by atoms with Gasteiger partial charge in [0.15, 0.2) is 0 Å². The molecule has 0 fully saturated rings. The van der Waals surface area contributed by atoms with Gasteiger partial charge in [0.25, 0.3) is 0 Å². The third-order valence-electron chi connectivity index (χ3n) is 3.88. The van der Waals surface area contributed by atoms with E-state index in [0.717, 1.165) is 11.3 Å². The molecule has 0 spiro atoms. The van der Waals surface area contributed by atoms with Gasteiger partial charge in [0.05, 0.1) is 6.42 Å². The second-order valence-electron chi connectivity index (χ2n) is 7.67. The zero-order chi connectivity index (χ0) is 21.3. The Morgan fingerprint density at radius 1 is 1.29 bits per heavy atom. The number of hydrogen-bond donors (Lipinski definition) is 2. The van der Waals surface area contributed by atoms with E-state index in [0.29, 0.717) is 36.3 Å². The van der Waals surface area contributed by atoms with Crippen molar-refractivity contribution in [2.24, 2.45) is 0 Å². The lowest BCUT2D eigenvalue weighted by molar-refractivity contribution is -0.155. The summed E-state index contributed by atoms with van der Waals surface area (Å²) >= 11 is 18.2. The molecule has 0 aliphatic heterocycles. The number of nitrogens with zero attached hydrogens (tertiary/aromatic N) is 1. The number of anilines is 1. The van der Waals surface area contributed by atoms with Gasteiger partial charge in [0.2, 0.25) is 0 Å². The predicted molar refractivity (Wildman–Crippen MR) is 120 cm³/mol. The fraction of sp³-hybridized carbons (Fsp3) is 0.632. The van der Waals surface area contributed by atoms with E-state index < -0.39 is 12.7 Å². The third-order valence-corrected chi connectivity index (χ3v) is 4.59. The Bertz CT molecular complexity index is 621. The predicted octanol–water partition coefficient (Wildman–Crippen LogP) is 3.97. The molecule has 1 rings (SSSR count). The molecule has 1 atom stereocenters. The number of carbonyl (C=O) groups is 1. The summed E-state index contributed by atoms with van der Waals surface area (Å²) in [6, 6.07) is 5.41. The number of alkyl halides is 2. The standard InChI is InChI=1S/C19H30BCl3N2O3/c1-19(2,3)28-18(26)13-15(24-20(4)27)11-14-12-16(5-6-17(14)23)25(9-7-21)10-8-22/h5-6,12,15,24,27H,7-11,13H2,1-4H3/t15-/m0/s1. The van der Waals surface area contributed by atoms with Gasteiger partial charge < -0.3 is 19.9 Å². The van der Waals surface area contributed by atoms with Gasteiger partial charge in [0, 0.05) is 41.6 Å². The molecule has 2 N–H and O–H groups in total. The van der Waals surface area contributed by atoms with Crippen LogP contribution in [-0.4, -0.2) is 54.5 Å². The second kappa shape index (κ2) is 12.1. The summed E-state index contributed by atoms with van der Waals surface area (Å²) in [5.41, 5.74) is 1.27. The van der Waals surface area contributed by atoms with E-state index in [2.05, 4.69) is 10.1 Å². The highest BCUT2D eigenvalue weighted by molar-refractivity contribution is 6.45. The number of ether oxygens (including phenoxy) is 1. The summed E-state index contributed by atoms with van der Waals surface area (Å²) in [6.45, 7) is 8.42. The van der Waals surface area contributed by atoms with Gasteiger partial charge in [-0.05, 0) is 57.8 Å². The van der Waals surface area contributed by atoms with Gasteiger partial charge in [-0.2, -0.15) is 0 Å². The van der Waals surface area contributed by atoms with E-state index in [9.17, 15) is 9.82 Å². The van der Waals surface area contributed by atoms with Crippen LogP contribution in [0.4, 0.5) is 5.69 Å². The summed E-state index contributed by atoms with van der Waals surface area (Å²) in [5, 5.41) is 13.4. The van der Waals surface area contributed by atoms with Crippen molar-refractivity contribution in [1.29, 1.82) is 0 Å². The van der Waals surface area contributed by atoms with Crippen LogP contribution in [0.5, 0.6) is 0 Å². The van der Waals surface area contributed by atoms with E-state index in [1.165, 1.54) is 0 Å². The molecule has 0 saturated heterocycles. The van der Waals surface area contributed by atoms with Gasteiger partial charge in [-0.1, -0.05) is 11.6 Å². The fourth-order valence-electron chi connectivity index (χ4n) is 2.87. The zero-order valence-corrected chi connectivity index (χ0v) is 19.2. The Kier molecular flexibility index (Phi) is 11.0. The number of benzene rings is 1. The maximum Gasteiger partial charge on any atom is 0.373 e. The molecule has 0 amide bonds. The highest BCUT2D eigenvalue weighted by Gasteiger charge is 2.23. The van der Waals surface area contributed by atoms with E-state index in [1.54, 1.807) is 6.82 Å². The van der Waals surface area contributed by atoms with Crippen LogP contribution in [0.1, 0.15) is 32.8 Å². The van der Waals surface area contributed by atoms with Crippen LogP contribution in [0, 0.1) is 0 Å². The molecule has 1 aromatic carbocycles. The average molecular weight is 452 g/mol. The Morgan fingerprint density at radius 3 is 2.39 bits per heavy atom. The lowest BCUT2D eigenvalue weighted by atomic mass is 9.85. The number of rotatable bonds is 11. The lowest BCUT2D eigenvalue weighted by Crippen LogP contribution is -2.43. The van der Waals surface area contributed by atoms with Crippen molar-refractivity contribution in [2.45, 2.75) is 52.1 Å². The molecular formula is C19H30BCl3N2O3. The van der Waals surface area contributed by atoms with Crippen molar-refractivity contribution >= 4 is 53.5 Å². The quantitative estimate of drug-likeness (QED) is 0.303. The highest BCUT2D eigenvalue weighted by atomic mass is 35.5. The fourth-order valence-corrected chi connectivity index (χ4v) is 3.47. The molecule has 0 bridgehead atoms. The van der Waals surface area contributed by atoms with E-state index in [-0.39, 0.29) is 18.4 Å². The van der Waals surface area contributed by atoms with E-state index in [4.69, 9.17) is 39.5 Å². The molecule has 0 aromatic heterocycles. The average Bonchev–Trinajstić information content (AvgIpc) is 2.54. The van der Waals surface area contributed by atoms with Crippen molar-refractivity contribution in [3.05, 3.63) is 28.8 Å². The molecule has 0 unspecified atom stereocenters. The molecule has 28 heavy (non-hydrogen) atoms. The van der Waals surface area contributed by atoms with E-state index >= 15 is 0 Å². The minimum Gasteiger partial charge on any atom is -0.460 e. The molecule has 9 heteroatoms. The van der Waals surface area contributed by atoms with Gasteiger partial charge in [-0.3, -0.25) is 4.79 Å². The third kappa shape index (κ3) is 9.70. The normalized spacial score (nSPS) is 12.6. The molecule has 0 heterocycles. The molecule has 1 aromatic rings. The van der Waals surface area contributed by atoms with Crippen molar-refractivity contribution in [1.82, 2.24) is 5.23 Å². The van der Waals surface area contributed by atoms with Crippen LogP contribution in [-0.2, 0) is 16.0 Å². The monoisotopic (exact) mass is 450 g/mol. The molecule has 5 nitrogen and oxygen atoms in total. The van der Waals surface area contributed by atoms with Crippen molar-refractivity contribution in [3.8, 4) is 0 Å². The Labute approximate surface area is 183 Å². The Hall–Kier alpha value is -0.655. The first-order valence-electron chi connectivity index (χ1n) is 9.37. The molecule has 0 aliphatic carbocycles. The van der Waals surface area contributed by atoms with Crippen LogP contribution in [0.3, 0.4) is 0 Å². The number of hydrogen-bond acceptors (Lipinski definition) is 5. The highest BCUT2D eigenvalue weighted by Crippen LogP contribution is 2.25. The molecule has 158 valence electrons. The first-order chi connectivity index (χ1) is 13.1. The number of carbonyl (C=O) groups excluding carboxylic acids is 1. The maximum absolute atomic E-state index is 12.3. The zero-order valence-electron chi connectivity index (χ0n) is 17.0. The largest absolute Gasteiger partial charge is 0.460 e. The molecular weight excluding hydrogens is 421 g/mol. The van der Waals surface area contributed by atoms with Gasteiger partial charge in [-0.15, -0.1) is 23.2 Å². The van der Waals surface area contributed by atoms with Gasteiger partial charge >= 0.3 is 13.0 Å². The smallest absolute Gasteiger partial charge is 0.373 e. The van der Waals surface area contributed by atoms with Gasteiger partial charge in [0.1, 0.15) is 5.60 Å². The topological polar surface area (TPSA) is 61.8 Å². The van der Waals surface area contributed by atoms with Crippen molar-refractivity contribution in [2.75, 3.05) is 29.7 Å². The van der Waals surface area contributed by atoms with Crippen LogP contribution in [0.2, 0.25) is 11.8 Å². The first-order valence-corrected chi connectivity index (χ1v) is 10.8. The second-order valence-corrected chi connectivity index (χ2v) is 8.84. The number of halogens is 3. The minimum atomic E-state index is -0.765. The molecule has 0 radical (unpaired) electrons. The van der Waals surface area contributed by atoms with Crippen LogP contribution >= 0.6 is 34.8 Å². The van der Waals surface area contributed by atoms with Crippen LogP contribution in [0.25, 0.3) is 0 Å². The summed E-state index contributed by atoms with van der Waals surface area (Å²) in [5.74, 6) is 0.642. The summed E-state index contributed by atoms with van der Waals surface area (Å²) in [4.78, 5) is 14.3. The van der Waals surface area contributed by atoms with Crippen molar-refractivity contribution in [3.63, 3.8) is 0 Å². The lowest BCUT2D eigenvalue weighted by Gasteiger charge is -2.26. The Morgan fingerprint density at radius 2 is 1.89 bits per heavy atom. The minimum absolute atomic E-state index is 0.121. The molecule has 0 saturated carbocycles. The number of nitrogens with one attached hydrogen (secondary N) is 1. The van der Waals surface area contributed by atoms with Crippen LogP contribution < -0.4 is 10.1 Å². The summed E-state index contributed by atoms with van der Waals surface area (Å²) in [6.07, 6.45) is 0.586. The van der Waals surface area contributed by atoms with Gasteiger partial charge in [-0.25, -0.2) is 0 Å². The van der Waals surface area contributed by atoms with Crippen LogP contribution in [0.15, 0.2) is 18.2 Å². The Balaban J connectivity index is 3.00. The number of esters is 1. The van der Waals surface area contributed by atoms with E-state index in [1.807, 2.05) is 39.0 Å². The summed E-state index contributed by atoms with van der Waals surface area (Å²) < 4.78 is 5.41.